The average Bonchev–Trinajstić information content (AvgIpc) is 2.68. The van der Waals surface area contributed by atoms with E-state index in [4.69, 9.17) is 21.3 Å². The molecule has 0 saturated heterocycles. The molecule has 0 amide bonds. The Kier molecular flexibility index (Phi) is 7.15. The fourth-order valence-corrected chi connectivity index (χ4v) is 3.56. The van der Waals surface area contributed by atoms with Crippen LogP contribution >= 0.6 is 0 Å². The predicted molar refractivity (Wildman–Crippen MR) is 112 cm³/mol. The summed E-state index contributed by atoms with van der Waals surface area (Å²) in [6, 6.07) is 11.5. The molecule has 0 saturated carbocycles. The monoisotopic (exact) mass is 452 g/mol. The largest absolute Gasteiger partial charge is 0.478 e. The maximum atomic E-state index is 12.1. The number of aromatic nitrogens is 2. The van der Waals surface area contributed by atoms with Gasteiger partial charge in [0.25, 0.3) is 15.9 Å². The summed E-state index contributed by atoms with van der Waals surface area (Å²) in [6.07, 6.45) is 2.77. The van der Waals surface area contributed by atoms with Gasteiger partial charge in [0.2, 0.25) is 15.8 Å². The van der Waals surface area contributed by atoms with E-state index >= 15 is 0 Å². The Morgan fingerprint density at radius 2 is 1.27 bits per heavy atom. The number of nitrogens with one attached hydrogen (secondary N) is 1. The lowest BCUT2D eigenvalue weighted by Gasteiger charge is -2.09. The van der Waals surface area contributed by atoms with Crippen LogP contribution in [0, 0.1) is 0 Å². The van der Waals surface area contributed by atoms with Crippen molar-refractivity contribution in [1.82, 2.24) is 9.97 Å². The van der Waals surface area contributed by atoms with Crippen LogP contribution in [0.15, 0.2) is 70.7 Å². The number of hydrogen-bond acceptors (Lipinski definition) is 9. The summed E-state index contributed by atoms with van der Waals surface area (Å²) < 4.78 is 52.8. The first-order valence-electron chi connectivity index (χ1n) is 8.14. The summed E-state index contributed by atoms with van der Waals surface area (Å²) in [4.78, 5) is 7.89. The Morgan fingerprint density at radius 3 is 1.73 bits per heavy atom. The molecule has 0 fully saturated rings. The first-order chi connectivity index (χ1) is 14.0. The number of hydrogen-bond donors (Lipinski definition) is 4. The number of ether oxygens (including phenoxy) is 1. The smallest absolute Gasteiger partial charge is 0.263 e. The van der Waals surface area contributed by atoms with E-state index in [-0.39, 0.29) is 21.5 Å². The van der Waals surface area contributed by atoms with Crippen molar-refractivity contribution < 1.29 is 21.6 Å². The molecule has 0 aliphatic rings. The third-order valence-electron chi connectivity index (χ3n) is 3.49. The Bertz CT molecular complexity index is 1200. The maximum Gasteiger partial charge on any atom is 0.263 e. The van der Waals surface area contributed by atoms with Crippen LogP contribution in [0.3, 0.4) is 0 Å². The van der Waals surface area contributed by atoms with E-state index < -0.39 is 20.0 Å². The molecule has 0 spiro atoms. The highest BCUT2D eigenvalue weighted by atomic mass is 32.2. The number of nitrogens with two attached hydrogens (primary N) is 3. The first-order valence-corrected chi connectivity index (χ1v) is 11.2. The Labute approximate surface area is 174 Å². The zero-order chi connectivity index (χ0) is 22.4. The molecule has 1 aromatic heterocycles. The molecule has 0 unspecified atom stereocenters. The van der Waals surface area contributed by atoms with Gasteiger partial charge in [-0.05, 0) is 48.5 Å². The van der Waals surface area contributed by atoms with Crippen molar-refractivity contribution >= 4 is 37.2 Å². The van der Waals surface area contributed by atoms with Crippen LogP contribution in [-0.2, 0) is 20.0 Å². The molecule has 0 atom stereocenters. The summed E-state index contributed by atoms with van der Waals surface area (Å²) in [5.41, 5.74) is 11.8. The molecule has 1 heterocycles. The van der Waals surface area contributed by atoms with Crippen molar-refractivity contribution in [2.75, 3.05) is 23.3 Å². The van der Waals surface area contributed by atoms with Crippen LogP contribution in [0.2, 0.25) is 0 Å². The Morgan fingerprint density at radius 1 is 0.800 bits per heavy atom. The number of nitrogens with zero attached hydrogens (tertiary/aromatic N) is 2. The van der Waals surface area contributed by atoms with Crippen molar-refractivity contribution in [1.29, 1.82) is 0 Å². The van der Waals surface area contributed by atoms with Gasteiger partial charge >= 0.3 is 0 Å². The van der Waals surface area contributed by atoms with Gasteiger partial charge in [-0.3, -0.25) is 4.72 Å². The highest BCUT2D eigenvalue weighted by Crippen LogP contribution is 2.21. The van der Waals surface area contributed by atoms with E-state index in [0.717, 1.165) is 0 Å². The van der Waals surface area contributed by atoms with E-state index in [1.807, 2.05) is 0 Å². The standard InChI is InChI=1S/C11H12N4O3S.C6H8N2O2S/c1-18-11-10(13-6-7-14-11)15-19(16,17)9-4-2-8(12)3-5-9;7-5-1-3-6(4-2-5)11(8,9)10/h2-7H,12H2,1H3,(H,13,15);1-4H,7H2,(H2,8,9,10). The minimum Gasteiger partial charge on any atom is -0.478 e. The normalized spacial score (nSPS) is 11.1. The van der Waals surface area contributed by atoms with Crippen molar-refractivity contribution in [3.8, 4) is 5.88 Å². The minimum atomic E-state index is -3.75. The highest BCUT2D eigenvalue weighted by molar-refractivity contribution is 7.92. The van der Waals surface area contributed by atoms with Gasteiger partial charge in [-0.25, -0.2) is 31.9 Å². The molecule has 11 nitrogen and oxygen atoms in total. The molecule has 13 heteroatoms. The fraction of sp³-hybridized carbons (Fsp3) is 0.0588. The second kappa shape index (κ2) is 9.39. The van der Waals surface area contributed by atoms with Crippen LogP contribution in [0.4, 0.5) is 17.2 Å². The summed E-state index contributed by atoms with van der Waals surface area (Å²) in [7, 11) is -5.95. The van der Waals surface area contributed by atoms with E-state index in [1.54, 1.807) is 0 Å². The SMILES string of the molecule is COc1nccnc1NS(=O)(=O)c1ccc(N)cc1.Nc1ccc(S(N)(=O)=O)cc1. The second-order valence-electron chi connectivity index (χ2n) is 5.70. The summed E-state index contributed by atoms with van der Waals surface area (Å²) in [5, 5.41) is 4.84. The van der Waals surface area contributed by atoms with Crippen molar-refractivity contribution in [2.24, 2.45) is 5.14 Å². The van der Waals surface area contributed by atoms with Gasteiger partial charge in [-0.1, -0.05) is 0 Å². The molecule has 30 heavy (non-hydrogen) atoms. The lowest BCUT2D eigenvalue weighted by atomic mass is 10.3. The lowest BCUT2D eigenvalue weighted by molar-refractivity contribution is 0.398. The number of nitrogen functional groups attached to an aromatic ring is 2. The predicted octanol–water partition coefficient (Wildman–Crippen LogP) is 0.784. The topological polar surface area (TPSA) is 193 Å². The van der Waals surface area contributed by atoms with E-state index in [1.165, 1.54) is 68.0 Å². The zero-order valence-electron chi connectivity index (χ0n) is 15.8. The number of methoxy groups -OCH3 is 1. The number of rotatable bonds is 5. The van der Waals surface area contributed by atoms with Crippen LogP contribution in [0.1, 0.15) is 0 Å². The lowest BCUT2D eigenvalue weighted by Crippen LogP contribution is -2.15. The van der Waals surface area contributed by atoms with E-state index in [9.17, 15) is 16.8 Å². The fourth-order valence-electron chi connectivity index (χ4n) is 2.04. The van der Waals surface area contributed by atoms with Gasteiger partial charge in [-0.15, -0.1) is 0 Å². The molecule has 0 radical (unpaired) electrons. The second-order valence-corrected chi connectivity index (χ2v) is 8.95. The maximum absolute atomic E-state index is 12.1. The summed E-state index contributed by atoms with van der Waals surface area (Å²) in [6.45, 7) is 0. The van der Waals surface area contributed by atoms with Gasteiger partial charge in [0.1, 0.15) is 0 Å². The number of sulfonamides is 2. The van der Waals surface area contributed by atoms with Crippen LogP contribution in [0.25, 0.3) is 0 Å². The number of primary sulfonamides is 1. The Hall–Kier alpha value is -3.42. The van der Waals surface area contributed by atoms with Crippen LogP contribution in [-0.4, -0.2) is 33.9 Å². The zero-order valence-corrected chi connectivity index (χ0v) is 17.4. The summed E-state index contributed by atoms with van der Waals surface area (Å²) in [5.74, 6) is 0.128. The van der Waals surface area contributed by atoms with Gasteiger partial charge in [0, 0.05) is 23.8 Å². The summed E-state index contributed by atoms with van der Waals surface area (Å²) >= 11 is 0. The van der Waals surface area contributed by atoms with Gasteiger partial charge in [0.05, 0.1) is 16.9 Å². The Balaban J connectivity index is 0.000000248. The highest BCUT2D eigenvalue weighted by Gasteiger charge is 2.17. The number of anilines is 3. The third kappa shape index (κ3) is 6.30. The molecule has 0 bridgehead atoms. The van der Waals surface area contributed by atoms with Gasteiger partial charge in [-0.2, -0.15) is 0 Å². The quantitative estimate of drug-likeness (QED) is 0.405. The minimum absolute atomic E-state index is 0.0295. The van der Waals surface area contributed by atoms with Crippen molar-refractivity contribution in [2.45, 2.75) is 9.79 Å². The third-order valence-corrected chi connectivity index (χ3v) is 5.77. The van der Waals surface area contributed by atoms with Gasteiger partial charge < -0.3 is 16.2 Å². The molecule has 7 N–H and O–H groups in total. The number of benzene rings is 2. The molecular formula is C17H20N6O5S2. The van der Waals surface area contributed by atoms with E-state index in [0.29, 0.717) is 11.4 Å². The van der Waals surface area contributed by atoms with Gasteiger partial charge in [0.15, 0.2) is 0 Å². The average molecular weight is 453 g/mol. The van der Waals surface area contributed by atoms with Crippen molar-refractivity contribution in [3.05, 3.63) is 60.9 Å². The molecule has 160 valence electrons. The van der Waals surface area contributed by atoms with Crippen LogP contribution < -0.4 is 26.1 Å². The first kappa shape index (κ1) is 22.9. The molecule has 2 aromatic carbocycles. The van der Waals surface area contributed by atoms with Crippen LogP contribution in [0.5, 0.6) is 5.88 Å². The van der Waals surface area contributed by atoms with Crippen molar-refractivity contribution in [3.63, 3.8) is 0 Å². The molecule has 0 aliphatic carbocycles. The molecule has 3 rings (SSSR count). The molecule has 0 aliphatic heterocycles. The van der Waals surface area contributed by atoms with E-state index in [2.05, 4.69) is 14.7 Å². The molecular weight excluding hydrogens is 432 g/mol. The molecule has 3 aromatic rings.